The number of fused-ring (bicyclic) bond motifs is 1. The molecule has 136 valence electrons. The van der Waals surface area contributed by atoms with Crippen molar-refractivity contribution in [1.82, 2.24) is 19.5 Å². The first kappa shape index (κ1) is 16.6. The lowest BCUT2D eigenvalue weighted by Crippen LogP contribution is -2.15. The van der Waals surface area contributed by atoms with Crippen LogP contribution in [0.2, 0.25) is 0 Å². The predicted molar refractivity (Wildman–Crippen MR) is 97.0 cm³/mol. The van der Waals surface area contributed by atoms with Gasteiger partial charge in [-0.2, -0.15) is 0 Å². The van der Waals surface area contributed by atoms with Crippen LogP contribution in [0.15, 0.2) is 45.6 Å². The molecule has 1 amide bonds. The van der Waals surface area contributed by atoms with Crippen LogP contribution < -0.4 is 16.2 Å². The zero-order chi connectivity index (χ0) is 19.1. The van der Waals surface area contributed by atoms with E-state index in [9.17, 15) is 9.59 Å². The number of rotatable bonds is 4. The van der Waals surface area contributed by atoms with Crippen LogP contribution in [-0.4, -0.2) is 32.5 Å². The van der Waals surface area contributed by atoms with Crippen molar-refractivity contribution in [3.8, 4) is 23.0 Å². The van der Waals surface area contributed by atoms with Crippen LogP contribution >= 0.6 is 0 Å². The van der Waals surface area contributed by atoms with E-state index in [4.69, 9.17) is 14.9 Å². The summed E-state index contributed by atoms with van der Waals surface area (Å²) in [5, 5.41) is 0. The number of carbonyl (C=O) groups is 1. The molecule has 0 unspecified atom stereocenters. The molecule has 27 heavy (non-hydrogen) atoms. The number of nitrogens with zero attached hydrogens (tertiary/aromatic N) is 3. The molecule has 0 radical (unpaired) electrons. The monoisotopic (exact) mass is 365 g/mol. The van der Waals surface area contributed by atoms with Gasteiger partial charge in [0.1, 0.15) is 17.0 Å². The molecule has 3 aromatic heterocycles. The topological polar surface area (TPSA) is 129 Å². The Kier molecular flexibility index (Phi) is 3.76. The molecule has 0 aliphatic heterocycles. The highest BCUT2D eigenvalue weighted by Crippen LogP contribution is 2.24. The molecule has 3 N–H and O–H groups in total. The molecular formula is C18H15N5O4. The summed E-state index contributed by atoms with van der Waals surface area (Å²) in [6.07, 6.45) is 0. The molecule has 1 aromatic carbocycles. The number of methoxy groups -OCH3 is 1. The van der Waals surface area contributed by atoms with E-state index >= 15 is 0 Å². The predicted octanol–water partition coefficient (Wildman–Crippen LogP) is 1.78. The minimum absolute atomic E-state index is 0.0946. The third-order valence-corrected chi connectivity index (χ3v) is 4.04. The van der Waals surface area contributed by atoms with Crippen LogP contribution in [0.4, 0.5) is 0 Å². The van der Waals surface area contributed by atoms with Crippen molar-refractivity contribution in [3.63, 3.8) is 0 Å². The fraction of sp³-hybridized carbons (Fsp3) is 0.111. The maximum atomic E-state index is 12.6. The summed E-state index contributed by atoms with van der Waals surface area (Å²) in [6, 6.07) is 10.3. The SMILES string of the molecule is COc1cccc(-n2c(=O)[nH]c3c(C(N)=O)nc(-c4ccc(C)o4)nc32)c1. The maximum Gasteiger partial charge on any atom is 0.332 e. The van der Waals surface area contributed by atoms with Gasteiger partial charge in [-0.1, -0.05) is 6.07 Å². The van der Waals surface area contributed by atoms with Gasteiger partial charge in [0.15, 0.2) is 22.9 Å². The number of aromatic nitrogens is 4. The van der Waals surface area contributed by atoms with Crippen LogP contribution in [-0.2, 0) is 0 Å². The van der Waals surface area contributed by atoms with E-state index in [0.29, 0.717) is 23.0 Å². The standard InChI is InChI=1S/C18H15N5O4/c1-9-6-7-12(27-9)16-20-13(15(19)24)14-17(22-16)23(18(25)21-14)10-4-3-5-11(8-10)26-2/h3-8H,1-2H3,(H2,19,24)(H,21,25). The minimum Gasteiger partial charge on any atom is -0.497 e. The second-order valence-electron chi connectivity index (χ2n) is 5.84. The largest absolute Gasteiger partial charge is 0.497 e. The van der Waals surface area contributed by atoms with Crippen molar-refractivity contribution in [2.45, 2.75) is 6.92 Å². The lowest BCUT2D eigenvalue weighted by Gasteiger charge is -2.07. The number of aromatic amines is 1. The van der Waals surface area contributed by atoms with Crippen molar-refractivity contribution in [2.24, 2.45) is 5.73 Å². The molecule has 0 saturated carbocycles. The summed E-state index contributed by atoms with van der Waals surface area (Å²) in [5.41, 5.74) is 5.77. The molecular weight excluding hydrogens is 350 g/mol. The van der Waals surface area contributed by atoms with Crippen LogP contribution in [0.25, 0.3) is 28.4 Å². The molecule has 0 fully saturated rings. The van der Waals surface area contributed by atoms with Gasteiger partial charge in [-0.15, -0.1) is 0 Å². The van der Waals surface area contributed by atoms with Gasteiger partial charge < -0.3 is 19.9 Å². The molecule has 4 aromatic rings. The summed E-state index contributed by atoms with van der Waals surface area (Å²) < 4.78 is 12.1. The number of furan rings is 1. The molecule has 0 atom stereocenters. The Labute approximate surface area is 152 Å². The Morgan fingerprint density at radius 2 is 2.07 bits per heavy atom. The summed E-state index contributed by atoms with van der Waals surface area (Å²) in [6.45, 7) is 1.78. The number of amides is 1. The molecule has 4 rings (SSSR count). The van der Waals surface area contributed by atoms with Gasteiger partial charge in [0.25, 0.3) is 5.91 Å². The third kappa shape index (κ3) is 2.74. The molecule has 3 heterocycles. The van der Waals surface area contributed by atoms with Gasteiger partial charge >= 0.3 is 5.69 Å². The Morgan fingerprint density at radius 3 is 2.74 bits per heavy atom. The number of aryl methyl sites for hydroxylation is 1. The van der Waals surface area contributed by atoms with E-state index in [0.717, 1.165) is 0 Å². The molecule has 0 aliphatic rings. The molecule has 0 spiro atoms. The average Bonchev–Trinajstić information content (AvgIpc) is 3.23. The maximum absolute atomic E-state index is 12.6. The molecule has 0 bridgehead atoms. The van der Waals surface area contributed by atoms with Gasteiger partial charge in [0.2, 0.25) is 0 Å². The number of primary amides is 1. The quantitative estimate of drug-likeness (QED) is 0.567. The lowest BCUT2D eigenvalue weighted by atomic mass is 10.3. The van der Waals surface area contributed by atoms with E-state index in [1.807, 2.05) is 0 Å². The first-order valence-corrected chi connectivity index (χ1v) is 8.01. The van der Waals surface area contributed by atoms with Crippen LogP contribution in [0, 0.1) is 6.92 Å². The number of H-pyrrole nitrogens is 1. The van der Waals surface area contributed by atoms with Gasteiger partial charge in [-0.05, 0) is 31.2 Å². The number of benzene rings is 1. The van der Waals surface area contributed by atoms with E-state index < -0.39 is 11.6 Å². The smallest absolute Gasteiger partial charge is 0.332 e. The first-order valence-electron chi connectivity index (χ1n) is 8.01. The molecule has 9 heteroatoms. The zero-order valence-corrected chi connectivity index (χ0v) is 14.5. The average molecular weight is 365 g/mol. The van der Waals surface area contributed by atoms with Gasteiger partial charge in [0, 0.05) is 6.07 Å². The van der Waals surface area contributed by atoms with Crippen molar-refractivity contribution in [3.05, 3.63) is 58.3 Å². The highest BCUT2D eigenvalue weighted by Gasteiger charge is 2.21. The molecule has 0 aliphatic carbocycles. The van der Waals surface area contributed by atoms with Gasteiger partial charge in [-0.25, -0.2) is 19.3 Å². The number of imidazole rings is 1. The third-order valence-electron chi connectivity index (χ3n) is 4.04. The van der Waals surface area contributed by atoms with Gasteiger partial charge in [-0.3, -0.25) is 4.79 Å². The highest BCUT2D eigenvalue weighted by molar-refractivity contribution is 6.02. The van der Waals surface area contributed by atoms with Crippen LogP contribution in [0.3, 0.4) is 0 Å². The van der Waals surface area contributed by atoms with E-state index in [2.05, 4.69) is 15.0 Å². The zero-order valence-electron chi connectivity index (χ0n) is 14.5. The van der Waals surface area contributed by atoms with Gasteiger partial charge in [0.05, 0.1) is 12.8 Å². The van der Waals surface area contributed by atoms with E-state index in [1.165, 1.54) is 11.7 Å². The second kappa shape index (κ2) is 6.13. The first-order chi connectivity index (χ1) is 13.0. The second-order valence-corrected chi connectivity index (χ2v) is 5.84. The van der Waals surface area contributed by atoms with Crippen LogP contribution in [0.5, 0.6) is 5.75 Å². The minimum atomic E-state index is -0.786. The Morgan fingerprint density at radius 1 is 1.26 bits per heavy atom. The van der Waals surface area contributed by atoms with E-state index in [1.54, 1.807) is 43.3 Å². The highest BCUT2D eigenvalue weighted by atomic mass is 16.5. The number of hydrogen-bond donors (Lipinski definition) is 2. The van der Waals surface area contributed by atoms with Crippen LogP contribution in [0.1, 0.15) is 16.2 Å². The fourth-order valence-electron chi connectivity index (χ4n) is 2.82. The number of nitrogens with one attached hydrogen (secondary N) is 1. The summed E-state index contributed by atoms with van der Waals surface area (Å²) in [4.78, 5) is 35.7. The lowest BCUT2D eigenvalue weighted by molar-refractivity contribution is 0.0997. The number of hydrogen-bond acceptors (Lipinski definition) is 6. The molecule has 9 nitrogen and oxygen atoms in total. The molecule has 0 saturated heterocycles. The van der Waals surface area contributed by atoms with E-state index in [-0.39, 0.29) is 22.7 Å². The Balaban J connectivity index is 2.05. The fourth-order valence-corrected chi connectivity index (χ4v) is 2.82. The summed E-state index contributed by atoms with van der Waals surface area (Å²) in [5.74, 6) is 0.960. The summed E-state index contributed by atoms with van der Waals surface area (Å²) >= 11 is 0. The van der Waals surface area contributed by atoms with Crippen molar-refractivity contribution in [1.29, 1.82) is 0 Å². The summed E-state index contributed by atoms with van der Waals surface area (Å²) in [7, 11) is 1.53. The van der Waals surface area contributed by atoms with Crippen molar-refractivity contribution in [2.75, 3.05) is 7.11 Å². The normalized spacial score (nSPS) is 11.0. The Hall–Kier alpha value is -3.88. The number of carbonyl (C=O) groups excluding carboxylic acids is 1. The number of ether oxygens (including phenoxy) is 1. The number of nitrogens with two attached hydrogens (primary N) is 1. The van der Waals surface area contributed by atoms with Crippen molar-refractivity contribution >= 4 is 17.1 Å². The Bertz CT molecular complexity index is 1230. The van der Waals surface area contributed by atoms with Crippen molar-refractivity contribution < 1.29 is 13.9 Å².